The Balaban J connectivity index is 1.39. The molecule has 0 radical (unpaired) electrons. The van der Waals surface area contributed by atoms with E-state index in [1.54, 1.807) is 11.8 Å². The van der Waals surface area contributed by atoms with Gasteiger partial charge in [0.2, 0.25) is 5.91 Å². The predicted molar refractivity (Wildman–Crippen MR) is 93.4 cm³/mol. The Kier molecular flexibility index (Phi) is 5.32. The van der Waals surface area contributed by atoms with Gasteiger partial charge in [0.25, 0.3) is 0 Å². The van der Waals surface area contributed by atoms with E-state index in [0.29, 0.717) is 23.9 Å². The third-order valence-electron chi connectivity index (χ3n) is 4.88. The lowest BCUT2D eigenvalue weighted by Crippen LogP contribution is -2.49. The number of hydrogen-bond donors (Lipinski definition) is 1. The van der Waals surface area contributed by atoms with Gasteiger partial charge in [-0.3, -0.25) is 4.79 Å². The van der Waals surface area contributed by atoms with Crippen LogP contribution in [-0.4, -0.2) is 41.7 Å². The number of thioether (sulfide) groups is 1. The van der Waals surface area contributed by atoms with Crippen molar-refractivity contribution >= 4 is 29.3 Å². The molecule has 120 valence electrons. The minimum absolute atomic E-state index is 0.174. The van der Waals surface area contributed by atoms with Gasteiger partial charge in [-0.2, -0.15) is 0 Å². The number of nitrogens with zero attached hydrogens (tertiary/aromatic N) is 1. The normalized spacial score (nSPS) is 27.8. The number of carbonyl (C=O) groups is 1. The number of fused-ring (bicyclic) bond motifs is 2. The Morgan fingerprint density at radius 2 is 1.91 bits per heavy atom. The first-order valence-corrected chi connectivity index (χ1v) is 9.48. The summed E-state index contributed by atoms with van der Waals surface area (Å²) in [7, 11) is 2.22. The summed E-state index contributed by atoms with van der Waals surface area (Å²) in [5, 5.41) is 3.98. The first kappa shape index (κ1) is 16.2. The lowest BCUT2D eigenvalue weighted by Gasteiger charge is -2.36. The Morgan fingerprint density at radius 1 is 1.27 bits per heavy atom. The van der Waals surface area contributed by atoms with Crippen molar-refractivity contribution in [1.82, 2.24) is 10.2 Å². The summed E-state index contributed by atoms with van der Waals surface area (Å²) in [5.74, 6) is 1.56. The van der Waals surface area contributed by atoms with Gasteiger partial charge in [-0.15, -0.1) is 11.8 Å². The summed E-state index contributed by atoms with van der Waals surface area (Å²) in [6.07, 6.45) is 4.80. The van der Waals surface area contributed by atoms with Crippen molar-refractivity contribution in [3.05, 3.63) is 34.9 Å². The van der Waals surface area contributed by atoms with Gasteiger partial charge >= 0.3 is 0 Å². The zero-order chi connectivity index (χ0) is 15.5. The van der Waals surface area contributed by atoms with E-state index in [2.05, 4.69) is 17.3 Å². The van der Waals surface area contributed by atoms with E-state index in [1.807, 2.05) is 24.3 Å². The zero-order valence-corrected chi connectivity index (χ0v) is 14.5. The van der Waals surface area contributed by atoms with Crippen molar-refractivity contribution in [2.24, 2.45) is 0 Å². The standard InChI is InChI=1S/C17H23ClN2OS/c1-20-15-6-7-16(20)9-14(8-15)19-17(21)11-22-10-12-2-4-13(18)5-3-12/h2-5,14-16H,6-11H2,1H3,(H,19,21)/t14?,15-,16+. The molecule has 1 amide bonds. The fourth-order valence-corrected chi connectivity index (χ4v) is 4.57. The average molecular weight is 339 g/mol. The Morgan fingerprint density at radius 3 is 2.55 bits per heavy atom. The molecule has 2 aliphatic heterocycles. The second kappa shape index (κ2) is 7.24. The molecule has 0 aromatic heterocycles. The summed E-state index contributed by atoms with van der Waals surface area (Å²) >= 11 is 7.53. The molecule has 1 N–H and O–H groups in total. The van der Waals surface area contributed by atoms with Crippen LogP contribution in [0.25, 0.3) is 0 Å². The molecule has 5 heteroatoms. The number of halogens is 1. The van der Waals surface area contributed by atoms with Gasteiger partial charge in [-0.25, -0.2) is 0 Å². The first-order valence-electron chi connectivity index (χ1n) is 7.95. The van der Waals surface area contributed by atoms with E-state index in [9.17, 15) is 4.79 Å². The van der Waals surface area contributed by atoms with Crippen LogP contribution in [0.1, 0.15) is 31.2 Å². The molecule has 3 atom stereocenters. The SMILES string of the molecule is CN1[C@@H]2CC[C@H]1CC(NC(=O)CSCc1ccc(Cl)cc1)C2. The van der Waals surface area contributed by atoms with Gasteiger partial charge in [-0.05, 0) is 50.4 Å². The van der Waals surface area contributed by atoms with E-state index >= 15 is 0 Å². The maximum atomic E-state index is 12.1. The van der Waals surface area contributed by atoms with Crippen molar-refractivity contribution in [3.63, 3.8) is 0 Å². The Labute approximate surface area is 141 Å². The smallest absolute Gasteiger partial charge is 0.230 e. The molecular formula is C17H23ClN2OS. The monoisotopic (exact) mass is 338 g/mol. The van der Waals surface area contributed by atoms with Crippen LogP contribution in [0.15, 0.2) is 24.3 Å². The molecule has 1 aromatic carbocycles. The minimum atomic E-state index is 0.174. The van der Waals surface area contributed by atoms with Gasteiger partial charge in [0.1, 0.15) is 0 Å². The van der Waals surface area contributed by atoms with Crippen LogP contribution in [0.2, 0.25) is 5.02 Å². The fourth-order valence-electron chi connectivity index (χ4n) is 3.64. The summed E-state index contributed by atoms with van der Waals surface area (Å²) in [4.78, 5) is 14.6. The number of piperidine rings is 1. The maximum absolute atomic E-state index is 12.1. The molecule has 2 bridgehead atoms. The van der Waals surface area contributed by atoms with Crippen LogP contribution in [0.4, 0.5) is 0 Å². The molecule has 2 heterocycles. The first-order chi connectivity index (χ1) is 10.6. The van der Waals surface area contributed by atoms with Crippen LogP contribution in [0.5, 0.6) is 0 Å². The minimum Gasteiger partial charge on any atom is -0.353 e. The summed E-state index contributed by atoms with van der Waals surface area (Å²) in [6, 6.07) is 9.54. The summed E-state index contributed by atoms with van der Waals surface area (Å²) in [6.45, 7) is 0. The van der Waals surface area contributed by atoms with Gasteiger partial charge in [0, 0.05) is 28.9 Å². The average Bonchev–Trinajstić information content (AvgIpc) is 2.72. The topological polar surface area (TPSA) is 32.3 Å². The van der Waals surface area contributed by atoms with Gasteiger partial charge in [0.05, 0.1) is 5.75 Å². The third kappa shape index (κ3) is 3.98. The van der Waals surface area contributed by atoms with Crippen LogP contribution >= 0.6 is 23.4 Å². The van der Waals surface area contributed by atoms with Gasteiger partial charge in [0.15, 0.2) is 0 Å². The Hall–Kier alpha value is -0.710. The van der Waals surface area contributed by atoms with Crippen molar-refractivity contribution in [2.75, 3.05) is 12.8 Å². The fraction of sp³-hybridized carbons (Fsp3) is 0.588. The molecule has 1 unspecified atom stereocenters. The molecule has 3 nitrogen and oxygen atoms in total. The molecule has 0 spiro atoms. The highest BCUT2D eigenvalue weighted by Crippen LogP contribution is 2.34. The number of hydrogen-bond acceptors (Lipinski definition) is 3. The second-order valence-electron chi connectivity index (χ2n) is 6.41. The van der Waals surface area contributed by atoms with Crippen LogP contribution < -0.4 is 5.32 Å². The van der Waals surface area contributed by atoms with Crippen molar-refractivity contribution < 1.29 is 4.79 Å². The van der Waals surface area contributed by atoms with E-state index < -0.39 is 0 Å². The number of nitrogens with one attached hydrogen (secondary N) is 1. The lowest BCUT2D eigenvalue weighted by atomic mass is 9.98. The van der Waals surface area contributed by atoms with Crippen molar-refractivity contribution in [2.45, 2.75) is 49.6 Å². The molecule has 2 aliphatic rings. The third-order valence-corrected chi connectivity index (χ3v) is 6.13. The number of benzene rings is 1. The largest absolute Gasteiger partial charge is 0.353 e. The molecule has 2 fully saturated rings. The quantitative estimate of drug-likeness (QED) is 0.894. The maximum Gasteiger partial charge on any atom is 0.230 e. The van der Waals surface area contributed by atoms with E-state index in [4.69, 9.17) is 11.6 Å². The molecule has 0 saturated carbocycles. The zero-order valence-electron chi connectivity index (χ0n) is 12.9. The van der Waals surface area contributed by atoms with E-state index in [-0.39, 0.29) is 5.91 Å². The predicted octanol–water partition coefficient (Wildman–Crippen LogP) is 3.31. The summed E-state index contributed by atoms with van der Waals surface area (Å²) in [5.41, 5.74) is 1.21. The molecular weight excluding hydrogens is 316 g/mol. The molecule has 1 aromatic rings. The van der Waals surface area contributed by atoms with Crippen LogP contribution in [0, 0.1) is 0 Å². The highest BCUT2D eigenvalue weighted by Gasteiger charge is 2.38. The number of rotatable bonds is 5. The lowest BCUT2D eigenvalue weighted by molar-refractivity contribution is -0.119. The second-order valence-corrected chi connectivity index (χ2v) is 7.83. The summed E-state index contributed by atoms with van der Waals surface area (Å²) < 4.78 is 0. The van der Waals surface area contributed by atoms with Crippen molar-refractivity contribution in [1.29, 1.82) is 0 Å². The highest BCUT2D eigenvalue weighted by molar-refractivity contribution is 7.99. The number of amides is 1. The van der Waals surface area contributed by atoms with E-state index in [1.165, 1.54) is 18.4 Å². The van der Waals surface area contributed by atoms with Gasteiger partial charge in [-0.1, -0.05) is 23.7 Å². The molecule has 0 aliphatic carbocycles. The van der Waals surface area contributed by atoms with Crippen LogP contribution in [-0.2, 0) is 10.5 Å². The highest BCUT2D eigenvalue weighted by atomic mass is 35.5. The number of carbonyl (C=O) groups excluding carboxylic acids is 1. The van der Waals surface area contributed by atoms with E-state index in [0.717, 1.165) is 23.6 Å². The van der Waals surface area contributed by atoms with Gasteiger partial charge < -0.3 is 10.2 Å². The Bertz CT molecular complexity index is 508. The molecule has 2 saturated heterocycles. The van der Waals surface area contributed by atoms with Crippen LogP contribution in [0.3, 0.4) is 0 Å². The molecule has 3 rings (SSSR count). The molecule has 22 heavy (non-hydrogen) atoms. The van der Waals surface area contributed by atoms with Crippen molar-refractivity contribution in [3.8, 4) is 0 Å².